The number of benzene rings is 3. The van der Waals surface area contributed by atoms with Crippen molar-refractivity contribution in [1.82, 2.24) is 4.98 Å². The molecule has 0 radical (unpaired) electrons. The Hall–Kier alpha value is -4.97. The second-order valence-corrected chi connectivity index (χ2v) is 18.8. The molecule has 0 aliphatic heterocycles. The minimum atomic E-state index is -0.654. The van der Waals surface area contributed by atoms with Crippen LogP contribution < -0.4 is 19.2 Å². The van der Waals surface area contributed by atoms with Gasteiger partial charge in [0.1, 0.15) is 17.2 Å². The number of aromatic nitrogens is 1. The number of hydrazone groups is 1. The molecule has 12 heteroatoms. The Morgan fingerprint density at radius 3 is 2.09 bits per heavy atom. The second-order valence-electron chi connectivity index (χ2n) is 17.8. The number of hydrogen-bond acceptors (Lipinski definition) is 12. The fraction of sp³-hybridized carbons (Fsp3) is 0.566. The van der Waals surface area contributed by atoms with Crippen molar-refractivity contribution in [3.8, 4) is 17.2 Å². The van der Waals surface area contributed by atoms with Crippen LogP contribution in [-0.4, -0.2) is 56.2 Å². The number of anilines is 1. The average Bonchev–Trinajstić information content (AvgIpc) is 3.77. The van der Waals surface area contributed by atoms with E-state index in [1.54, 1.807) is 35.6 Å². The van der Waals surface area contributed by atoms with Gasteiger partial charge in [-0.25, -0.2) is 14.8 Å². The predicted octanol–water partition coefficient (Wildman–Crippen LogP) is 13.6. The molecule has 1 heterocycles. The van der Waals surface area contributed by atoms with Crippen LogP contribution in [0.5, 0.6) is 17.2 Å². The van der Waals surface area contributed by atoms with E-state index in [-0.39, 0.29) is 23.8 Å². The van der Waals surface area contributed by atoms with Crippen molar-refractivity contribution >= 4 is 51.0 Å². The second kappa shape index (κ2) is 26.9. The van der Waals surface area contributed by atoms with Gasteiger partial charge in [-0.15, -0.1) is 0 Å². The van der Waals surface area contributed by atoms with Crippen LogP contribution in [0, 0.1) is 17.8 Å². The molecule has 2 aliphatic carbocycles. The van der Waals surface area contributed by atoms with Gasteiger partial charge in [-0.3, -0.25) is 9.59 Å². The Bertz CT molecular complexity index is 2050. The first kappa shape index (κ1) is 49.5. The van der Waals surface area contributed by atoms with Crippen LogP contribution in [0.2, 0.25) is 0 Å². The van der Waals surface area contributed by atoms with Gasteiger partial charge in [0, 0.05) is 12.1 Å². The number of unbranched alkanes of at least 4 members (excludes halogenated alkanes) is 8. The zero-order valence-corrected chi connectivity index (χ0v) is 39.8. The predicted molar refractivity (Wildman–Crippen MR) is 259 cm³/mol. The molecular formula is C53H71N3O8S. The lowest BCUT2D eigenvalue weighted by Crippen LogP contribution is -2.30. The number of fused-ring (bicyclic) bond motifs is 1. The van der Waals surface area contributed by atoms with Crippen LogP contribution in [-0.2, 0) is 19.1 Å². The summed E-state index contributed by atoms with van der Waals surface area (Å²) in [5, 5.41) is 7.95. The summed E-state index contributed by atoms with van der Waals surface area (Å²) in [6.07, 6.45) is 21.5. The molecule has 0 spiro atoms. The van der Waals surface area contributed by atoms with E-state index in [0.29, 0.717) is 62.1 Å². The summed E-state index contributed by atoms with van der Waals surface area (Å²) in [6.45, 7) is 6.15. The van der Waals surface area contributed by atoms with Crippen molar-refractivity contribution in [1.29, 1.82) is 0 Å². The Morgan fingerprint density at radius 1 is 0.723 bits per heavy atom. The van der Waals surface area contributed by atoms with Gasteiger partial charge in [0.05, 0.1) is 48.6 Å². The number of carbonyl (C=O) groups excluding carboxylic acids is 3. The summed E-state index contributed by atoms with van der Waals surface area (Å²) in [4.78, 5) is 43.1. The van der Waals surface area contributed by atoms with Crippen LogP contribution in [0.25, 0.3) is 10.2 Å². The van der Waals surface area contributed by atoms with Gasteiger partial charge in [0.25, 0.3) is 0 Å². The number of hydrogen-bond donors (Lipinski definition) is 0. The number of para-hydroxylation sites is 1. The highest BCUT2D eigenvalue weighted by Crippen LogP contribution is 2.40. The Kier molecular flexibility index (Phi) is 20.4. The van der Waals surface area contributed by atoms with E-state index in [9.17, 15) is 14.4 Å². The normalized spacial score (nSPS) is 18.6. The number of carbonyl (C=O) groups is 3. The number of rotatable bonds is 25. The van der Waals surface area contributed by atoms with Crippen LogP contribution in [0.4, 0.5) is 9.93 Å². The summed E-state index contributed by atoms with van der Waals surface area (Å²) in [5.74, 6) is 1.83. The largest absolute Gasteiger partial charge is 0.507 e. The molecule has 0 unspecified atom stereocenters. The molecule has 2 fully saturated rings. The van der Waals surface area contributed by atoms with Crippen LogP contribution in [0.15, 0.2) is 71.8 Å². The van der Waals surface area contributed by atoms with Crippen molar-refractivity contribution in [3.63, 3.8) is 0 Å². The SMILES string of the molecule is CCCCCCN(/N=C/c1cc(C2CCC(CCCCC)CC2)ccc1OC(=O)C1CCC(C(=O)Oc2ccc(OCCCCCCOC(=O)OC)cc2)CC1)c1nc2ccccc2s1. The van der Waals surface area contributed by atoms with E-state index in [1.165, 1.54) is 70.5 Å². The lowest BCUT2D eigenvalue weighted by molar-refractivity contribution is -0.145. The first-order chi connectivity index (χ1) is 31.8. The molecular weight excluding hydrogens is 839 g/mol. The van der Waals surface area contributed by atoms with Crippen molar-refractivity contribution in [2.75, 3.05) is 31.9 Å². The van der Waals surface area contributed by atoms with E-state index >= 15 is 0 Å². The summed E-state index contributed by atoms with van der Waals surface area (Å²) >= 11 is 1.65. The first-order valence-electron chi connectivity index (χ1n) is 24.5. The molecule has 11 nitrogen and oxygen atoms in total. The molecule has 352 valence electrons. The minimum Gasteiger partial charge on any atom is -0.494 e. The monoisotopic (exact) mass is 909 g/mol. The maximum Gasteiger partial charge on any atom is 0.507 e. The van der Waals surface area contributed by atoms with Gasteiger partial charge in [0.2, 0.25) is 5.13 Å². The number of methoxy groups -OCH3 is 1. The Morgan fingerprint density at radius 2 is 1.38 bits per heavy atom. The number of ether oxygens (including phenoxy) is 5. The Balaban J connectivity index is 1.04. The van der Waals surface area contributed by atoms with Crippen molar-refractivity contribution < 1.29 is 38.1 Å². The van der Waals surface area contributed by atoms with Gasteiger partial charge in [-0.05, 0) is 149 Å². The standard InChI is InChI=1S/C53H71N3O8S/c1-4-6-8-14-34-56(52-55-47-18-12-13-19-49(47)65-52)54-38-44-37-43(40-22-20-39(21-23-40)17-11-7-5-2)28-33-48(44)64-51(58)42-26-24-41(25-27-42)50(57)63-46-31-29-45(30-32-46)61-35-15-9-10-16-36-62-53(59)60-3/h12-13,18-19,28-33,37-42H,4-11,14-17,20-27,34-36H2,1-3H3/b54-38+. The number of esters is 2. The summed E-state index contributed by atoms with van der Waals surface area (Å²) in [7, 11) is 1.30. The summed E-state index contributed by atoms with van der Waals surface area (Å²) < 4.78 is 28.4. The average molecular weight is 910 g/mol. The molecule has 0 N–H and O–H groups in total. The number of thiazole rings is 1. The van der Waals surface area contributed by atoms with E-state index in [1.807, 2.05) is 35.5 Å². The third-order valence-corrected chi connectivity index (χ3v) is 14.0. The highest BCUT2D eigenvalue weighted by Gasteiger charge is 2.33. The number of nitrogens with zero attached hydrogens (tertiary/aromatic N) is 3. The molecule has 2 aliphatic rings. The highest BCUT2D eigenvalue weighted by atomic mass is 32.1. The van der Waals surface area contributed by atoms with Gasteiger partial charge < -0.3 is 23.7 Å². The highest BCUT2D eigenvalue weighted by molar-refractivity contribution is 7.22. The summed E-state index contributed by atoms with van der Waals surface area (Å²) in [5.41, 5.74) is 3.05. The van der Waals surface area contributed by atoms with Crippen LogP contribution in [0.3, 0.4) is 0 Å². The molecule has 0 bridgehead atoms. The van der Waals surface area contributed by atoms with Crippen LogP contribution in [0.1, 0.15) is 159 Å². The third-order valence-electron chi connectivity index (χ3n) is 13.0. The van der Waals surface area contributed by atoms with E-state index < -0.39 is 6.16 Å². The van der Waals surface area contributed by atoms with E-state index in [4.69, 9.17) is 29.0 Å². The fourth-order valence-corrected chi connectivity index (χ4v) is 9.95. The molecule has 6 rings (SSSR count). The summed E-state index contributed by atoms with van der Waals surface area (Å²) in [6, 6.07) is 21.6. The molecule has 65 heavy (non-hydrogen) atoms. The first-order valence-corrected chi connectivity index (χ1v) is 25.3. The van der Waals surface area contributed by atoms with Gasteiger partial charge in [-0.2, -0.15) is 5.10 Å². The van der Waals surface area contributed by atoms with Crippen molar-refractivity contribution in [3.05, 3.63) is 77.9 Å². The van der Waals surface area contributed by atoms with Gasteiger partial charge in [0.15, 0.2) is 0 Å². The molecule has 0 amide bonds. The van der Waals surface area contributed by atoms with Crippen molar-refractivity contribution in [2.24, 2.45) is 22.9 Å². The zero-order valence-electron chi connectivity index (χ0n) is 39.0. The van der Waals surface area contributed by atoms with E-state index in [2.05, 4.69) is 36.8 Å². The van der Waals surface area contributed by atoms with Gasteiger partial charge >= 0.3 is 18.1 Å². The molecule has 3 aromatic carbocycles. The maximum atomic E-state index is 13.9. The lowest BCUT2D eigenvalue weighted by atomic mass is 9.77. The topological polar surface area (TPSA) is 126 Å². The zero-order chi connectivity index (χ0) is 45.6. The van der Waals surface area contributed by atoms with Crippen molar-refractivity contribution in [2.45, 2.75) is 148 Å². The van der Waals surface area contributed by atoms with E-state index in [0.717, 1.165) is 78.3 Å². The van der Waals surface area contributed by atoms with Crippen LogP contribution >= 0.6 is 11.3 Å². The molecule has 0 atom stereocenters. The third kappa shape index (κ3) is 15.9. The Labute approximate surface area is 390 Å². The smallest absolute Gasteiger partial charge is 0.494 e. The maximum absolute atomic E-state index is 13.9. The lowest BCUT2D eigenvalue weighted by Gasteiger charge is -2.29. The quantitative estimate of drug-likeness (QED) is 0.0208. The molecule has 2 saturated carbocycles. The molecule has 4 aromatic rings. The minimum absolute atomic E-state index is 0.266. The van der Waals surface area contributed by atoms with Gasteiger partial charge in [-0.1, -0.05) is 88.3 Å². The molecule has 0 saturated heterocycles. The fourth-order valence-electron chi connectivity index (χ4n) is 9.00. The molecule has 1 aromatic heterocycles.